The summed E-state index contributed by atoms with van der Waals surface area (Å²) in [5.74, 6) is -2.99. The molecule has 0 saturated heterocycles. The molecule has 0 amide bonds. The van der Waals surface area contributed by atoms with E-state index in [4.69, 9.17) is 5.73 Å². The minimum atomic E-state index is -2.74. The molecule has 0 heterocycles. The first-order chi connectivity index (χ1) is 5.40. The number of nitrogens with two attached hydrogens (primary N) is 1. The van der Waals surface area contributed by atoms with Gasteiger partial charge in [-0.3, -0.25) is 4.79 Å². The zero-order valence-corrected chi connectivity index (χ0v) is 7.07. The highest BCUT2D eigenvalue weighted by Crippen LogP contribution is 2.40. The van der Waals surface area contributed by atoms with Crippen LogP contribution < -0.4 is 5.73 Å². The summed E-state index contributed by atoms with van der Waals surface area (Å²) in [6, 6.07) is 0. The summed E-state index contributed by atoms with van der Waals surface area (Å²) in [6.45, 7) is 1.65. The summed E-state index contributed by atoms with van der Waals surface area (Å²) in [7, 11) is 0. The van der Waals surface area contributed by atoms with Crippen molar-refractivity contribution in [2.45, 2.75) is 44.1 Å². The SMILES string of the molecule is CCC(=O)C1(N)CCC(F)(F)C1. The summed E-state index contributed by atoms with van der Waals surface area (Å²) in [5, 5.41) is 0. The minimum absolute atomic E-state index is 0.118. The van der Waals surface area contributed by atoms with Crippen LogP contribution in [0.4, 0.5) is 8.78 Å². The molecule has 0 radical (unpaired) electrons. The molecule has 1 fully saturated rings. The molecule has 0 aliphatic heterocycles. The molecule has 0 aromatic rings. The van der Waals surface area contributed by atoms with Gasteiger partial charge in [0.2, 0.25) is 5.92 Å². The number of halogens is 2. The molecule has 1 aliphatic rings. The van der Waals surface area contributed by atoms with E-state index in [0.29, 0.717) is 0 Å². The number of alkyl halides is 2. The number of rotatable bonds is 2. The largest absolute Gasteiger partial charge is 0.319 e. The molecule has 0 aromatic heterocycles. The smallest absolute Gasteiger partial charge is 0.250 e. The van der Waals surface area contributed by atoms with E-state index in [1.54, 1.807) is 6.92 Å². The Morgan fingerprint density at radius 2 is 2.08 bits per heavy atom. The van der Waals surface area contributed by atoms with Gasteiger partial charge < -0.3 is 5.73 Å². The van der Waals surface area contributed by atoms with Gasteiger partial charge in [-0.15, -0.1) is 0 Å². The van der Waals surface area contributed by atoms with Crippen molar-refractivity contribution in [1.82, 2.24) is 0 Å². The van der Waals surface area contributed by atoms with E-state index in [-0.39, 0.29) is 25.0 Å². The fraction of sp³-hybridized carbons (Fsp3) is 0.875. The van der Waals surface area contributed by atoms with Crippen LogP contribution >= 0.6 is 0 Å². The van der Waals surface area contributed by atoms with Gasteiger partial charge in [0.15, 0.2) is 5.78 Å². The van der Waals surface area contributed by atoms with Gasteiger partial charge in [0, 0.05) is 19.3 Å². The summed E-state index contributed by atoms with van der Waals surface area (Å²) >= 11 is 0. The lowest BCUT2D eigenvalue weighted by atomic mass is 9.92. The van der Waals surface area contributed by atoms with Crippen LogP contribution in [-0.4, -0.2) is 17.2 Å². The van der Waals surface area contributed by atoms with Crippen LogP contribution in [0.2, 0.25) is 0 Å². The minimum Gasteiger partial charge on any atom is -0.319 e. The summed E-state index contributed by atoms with van der Waals surface area (Å²) in [6.07, 6.45) is -0.374. The molecule has 12 heavy (non-hydrogen) atoms. The van der Waals surface area contributed by atoms with Gasteiger partial charge in [-0.05, 0) is 6.42 Å². The van der Waals surface area contributed by atoms with Gasteiger partial charge in [-0.2, -0.15) is 0 Å². The quantitative estimate of drug-likeness (QED) is 0.694. The number of ketones is 1. The predicted molar refractivity (Wildman–Crippen MR) is 41.0 cm³/mol. The molecule has 4 heteroatoms. The van der Waals surface area contributed by atoms with Crippen molar-refractivity contribution in [2.24, 2.45) is 5.73 Å². The Bertz CT molecular complexity index is 205. The fourth-order valence-corrected chi connectivity index (χ4v) is 1.63. The van der Waals surface area contributed by atoms with Crippen LogP contribution in [0.3, 0.4) is 0 Å². The molecule has 1 unspecified atom stereocenters. The maximum absolute atomic E-state index is 12.7. The third kappa shape index (κ3) is 1.63. The number of hydrogen-bond donors (Lipinski definition) is 1. The van der Waals surface area contributed by atoms with Crippen molar-refractivity contribution in [3.05, 3.63) is 0 Å². The zero-order chi connectivity index (χ0) is 9.41. The second kappa shape index (κ2) is 2.76. The Balaban J connectivity index is 2.71. The van der Waals surface area contributed by atoms with Crippen molar-refractivity contribution in [3.8, 4) is 0 Å². The lowest BCUT2D eigenvalue weighted by Gasteiger charge is -2.20. The predicted octanol–water partition coefficient (Wildman–Crippen LogP) is 1.48. The van der Waals surface area contributed by atoms with Crippen molar-refractivity contribution < 1.29 is 13.6 Å². The molecule has 2 N–H and O–H groups in total. The number of carbonyl (C=O) groups excluding carboxylic acids is 1. The van der Waals surface area contributed by atoms with E-state index in [1.807, 2.05) is 0 Å². The van der Waals surface area contributed by atoms with E-state index in [0.717, 1.165) is 0 Å². The van der Waals surface area contributed by atoms with Gasteiger partial charge in [0.25, 0.3) is 0 Å². The highest BCUT2D eigenvalue weighted by molar-refractivity contribution is 5.88. The molecule has 0 spiro atoms. The van der Waals surface area contributed by atoms with Crippen LogP contribution in [0.15, 0.2) is 0 Å². The van der Waals surface area contributed by atoms with E-state index >= 15 is 0 Å². The Labute approximate surface area is 70.1 Å². The van der Waals surface area contributed by atoms with E-state index in [2.05, 4.69) is 0 Å². The van der Waals surface area contributed by atoms with Gasteiger partial charge >= 0.3 is 0 Å². The fourth-order valence-electron chi connectivity index (χ4n) is 1.63. The Morgan fingerprint density at radius 3 is 2.42 bits per heavy atom. The molecular weight excluding hydrogens is 164 g/mol. The van der Waals surface area contributed by atoms with E-state index in [9.17, 15) is 13.6 Å². The number of Topliss-reactive ketones (excluding diaryl/α,β-unsaturated/α-hetero) is 1. The summed E-state index contributed by atoms with van der Waals surface area (Å²) < 4.78 is 25.4. The first-order valence-corrected chi connectivity index (χ1v) is 4.10. The third-order valence-corrected chi connectivity index (χ3v) is 2.39. The molecular formula is C8H13F2NO. The monoisotopic (exact) mass is 177 g/mol. The van der Waals surface area contributed by atoms with Gasteiger partial charge in [-0.25, -0.2) is 8.78 Å². The average molecular weight is 177 g/mol. The maximum Gasteiger partial charge on any atom is 0.250 e. The first-order valence-electron chi connectivity index (χ1n) is 4.10. The third-order valence-electron chi connectivity index (χ3n) is 2.39. The molecule has 0 bridgehead atoms. The highest BCUT2D eigenvalue weighted by Gasteiger charge is 2.50. The molecule has 2 nitrogen and oxygen atoms in total. The average Bonchev–Trinajstić information content (AvgIpc) is 2.25. The normalized spacial score (nSPS) is 33.7. The second-order valence-electron chi connectivity index (χ2n) is 3.47. The van der Waals surface area contributed by atoms with Crippen LogP contribution in [0, 0.1) is 0 Å². The molecule has 0 aromatic carbocycles. The van der Waals surface area contributed by atoms with Gasteiger partial charge in [-0.1, -0.05) is 6.92 Å². The standard InChI is InChI=1S/C8H13F2NO/c1-2-6(12)7(11)3-4-8(9,10)5-7/h2-5,11H2,1H3. The number of carbonyl (C=O) groups is 1. The summed E-state index contributed by atoms with van der Waals surface area (Å²) in [4.78, 5) is 11.2. The Kier molecular flexibility index (Phi) is 2.21. The van der Waals surface area contributed by atoms with Gasteiger partial charge in [0.05, 0.1) is 5.54 Å². The Morgan fingerprint density at radius 1 is 1.50 bits per heavy atom. The van der Waals surface area contributed by atoms with Crippen molar-refractivity contribution in [2.75, 3.05) is 0 Å². The zero-order valence-electron chi connectivity index (χ0n) is 7.07. The maximum atomic E-state index is 12.7. The molecule has 70 valence electrons. The lowest BCUT2D eigenvalue weighted by molar-refractivity contribution is -0.124. The summed E-state index contributed by atoms with van der Waals surface area (Å²) in [5.41, 5.74) is 4.31. The van der Waals surface area contributed by atoms with Crippen molar-refractivity contribution in [3.63, 3.8) is 0 Å². The molecule has 1 aliphatic carbocycles. The van der Waals surface area contributed by atoms with Crippen LogP contribution in [-0.2, 0) is 4.79 Å². The lowest BCUT2D eigenvalue weighted by Crippen LogP contribution is -2.46. The molecule has 1 atom stereocenters. The van der Waals surface area contributed by atoms with Crippen LogP contribution in [0.5, 0.6) is 0 Å². The van der Waals surface area contributed by atoms with Crippen LogP contribution in [0.1, 0.15) is 32.6 Å². The molecule has 1 saturated carbocycles. The van der Waals surface area contributed by atoms with Crippen molar-refractivity contribution >= 4 is 5.78 Å². The Hall–Kier alpha value is -0.510. The topological polar surface area (TPSA) is 43.1 Å². The van der Waals surface area contributed by atoms with E-state index in [1.165, 1.54) is 0 Å². The highest BCUT2D eigenvalue weighted by atomic mass is 19.3. The number of hydrogen-bond acceptors (Lipinski definition) is 2. The second-order valence-corrected chi connectivity index (χ2v) is 3.47. The first kappa shape index (κ1) is 9.58. The van der Waals surface area contributed by atoms with Crippen LogP contribution in [0.25, 0.3) is 0 Å². The van der Waals surface area contributed by atoms with E-state index < -0.39 is 17.9 Å². The molecule has 1 rings (SSSR count). The van der Waals surface area contributed by atoms with Gasteiger partial charge in [0.1, 0.15) is 0 Å². The van der Waals surface area contributed by atoms with Crippen molar-refractivity contribution in [1.29, 1.82) is 0 Å².